The van der Waals surface area contributed by atoms with E-state index in [0.717, 1.165) is 25.3 Å². The average Bonchev–Trinajstić information content (AvgIpc) is 3.03. The summed E-state index contributed by atoms with van der Waals surface area (Å²) in [5, 5.41) is 11.5. The van der Waals surface area contributed by atoms with Crippen LogP contribution in [0.3, 0.4) is 0 Å². The summed E-state index contributed by atoms with van der Waals surface area (Å²) in [6.07, 6.45) is 5.71. The van der Waals surface area contributed by atoms with Crippen molar-refractivity contribution in [3.63, 3.8) is 0 Å². The third kappa shape index (κ3) is 2.80. The molecule has 19 heavy (non-hydrogen) atoms. The van der Waals surface area contributed by atoms with Crippen molar-refractivity contribution < 1.29 is 4.74 Å². The van der Waals surface area contributed by atoms with Crippen LogP contribution < -0.4 is 5.32 Å². The number of hydrogen-bond acceptors (Lipinski definition) is 5. The van der Waals surface area contributed by atoms with Crippen molar-refractivity contribution in [1.29, 1.82) is 0 Å². The minimum absolute atomic E-state index is 0.251. The molecule has 0 spiro atoms. The average molecular weight is 265 g/mol. The van der Waals surface area contributed by atoms with Gasteiger partial charge in [0.1, 0.15) is 0 Å². The van der Waals surface area contributed by atoms with E-state index in [1.165, 1.54) is 19.4 Å². The molecule has 6 nitrogen and oxygen atoms in total. The van der Waals surface area contributed by atoms with Crippen molar-refractivity contribution >= 4 is 0 Å². The molecule has 1 aromatic heterocycles. The van der Waals surface area contributed by atoms with Gasteiger partial charge in [-0.15, -0.1) is 5.10 Å². The molecule has 3 unspecified atom stereocenters. The smallest absolute Gasteiger partial charge is 0.0859 e. The van der Waals surface area contributed by atoms with Crippen LogP contribution in [0, 0.1) is 0 Å². The highest BCUT2D eigenvalue weighted by atomic mass is 16.5. The van der Waals surface area contributed by atoms with Gasteiger partial charge in [0.2, 0.25) is 0 Å². The topological polar surface area (TPSA) is 55.2 Å². The van der Waals surface area contributed by atoms with Crippen LogP contribution in [0.15, 0.2) is 6.20 Å². The predicted octanol–water partition coefficient (Wildman–Crippen LogP) is -0.191. The summed E-state index contributed by atoms with van der Waals surface area (Å²) >= 11 is 0. The summed E-state index contributed by atoms with van der Waals surface area (Å²) in [7, 11) is 3.90. The zero-order valence-corrected chi connectivity index (χ0v) is 11.7. The van der Waals surface area contributed by atoms with E-state index >= 15 is 0 Å². The van der Waals surface area contributed by atoms with Gasteiger partial charge in [0, 0.05) is 38.3 Å². The number of aromatic nitrogens is 3. The van der Waals surface area contributed by atoms with Crippen molar-refractivity contribution in [3.05, 3.63) is 11.9 Å². The van der Waals surface area contributed by atoms with Gasteiger partial charge in [-0.3, -0.25) is 9.58 Å². The van der Waals surface area contributed by atoms with Gasteiger partial charge < -0.3 is 10.1 Å². The summed E-state index contributed by atoms with van der Waals surface area (Å²) in [5.74, 6) is 0. The molecule has 1 N–H and O–H groups in total. The van der Waals surface area contributed by atoms with Gasteiger partial charge in [-0.1, -0.05) is 5.21 Å². The Labute approximate surface area is 114 Å². The lowest BCUT2D eigenvalue weighted by Gasteiger charge is -2.38. The van der Waals surface area contributed by atoms with Crippen LogP contribution in [0.1, 0.15) is 18.5 Å². The van der Waals surface area contributed by atoms with Crippen LogP contribution in [-0.2, 0) is 18.2 Å². The highest BCUT2D eigenvalue weighted by Gasteiger charge is 2.35. The molecule has 0 aromatic carbocycles. The van der Waals surface area contributed by atoms with Crippen molar-refractivity contribution in [2.75, 3.05) is 26.7 Å². The van der Waals surface area contributed by atoms with Crippen LogP contribution >= 0.6 is 0 Å². The highest BCUT2D eigenvalue weighted by Crippen LogP contribution is 2.24. The number of likely N-dealkylation sites (N-methyl/N-ethyl adjacent to an activating group) is 1. The SMILES string of the molecule is CNC(Cc1cn(C)nn1)C1CN2CCCC2CO1. The number of morpholine rings is 1. The summed E-state index contributed by atoms with van der Waals surface area (Å²) in [6.45, 7) is 3.14. The Morgan fingerprint density at radius 3 is 3.21 bits per heavy atom. The molecule has 3 heterocycles. The molecule has 0 bridgehead atoms. The van der Waals surface area contributed by atoms with Gasteiger partial charge in [-0.25, -0.2) is 0 Å². The van der Waals surface area contributed by atoms with E-state index in [4.69, 9.17) is 4.74 Å². The largest absolute Gasteiger partial charge is 0.374 e. The fourth-order valence-corrected chi connectivity index (χ4v) is 3.22. The van der Waals surface area contributed by atoms with E-state index in [9.17, 15) is 0 Å². The maximum atomic E-state index is 6.06. The van der Waals surface area contributed by atoms with E-state index in [0.29, 0.717) is 12.1 Å². The van der Waals surface area contributed by atoms with Crippen LogP contribution in [-0.4, -0.2) is 64.8 Å². The quantitative estimate of drug-likeness (QED) is 0.818. The van der Waals surface area contributed by atoms with Crippen molar-refractivity contribution in [3.8, 4) is 0 Å². The number of aryl methyl sites for hydroxylation is 1. The molecule has 2 aliphatic heterocycles. The van der Waals surface area contributed by atoms with E-state index in [2.05, 4.69) is 20.5 Å². The molecule has 3 rings (SSSR count). The number of nitrogens with one attached hydrogen (secondary N) is 1. The van der Waals surface area contributed by atoms with Gasteiger partial charge in [0.25, 0.3) is 0 Å². The summed E-state index contributed by atoms with van der Waals surface area (Å²) in [6, 6.07) is 0.962. The molecule has 0 aliphatic carbocycles. The molecule has 106 valence electrons. The first-order valence-electron chi connectivity index (χ1n) is 7.14. The fraction of sp³-hybridized carbons (Fsp3) is 0.846. The molecular weight excluding hydrogens is 242 g/mol. The molecule has 2 saturated heterocycles. The standard InChI is InChI=1S/C13H23N5O/c1-14-12(6-10-7-17(2)16-15-10)13-8-18-5-3-4-11(18)9-19-13/h7,11-14H,3-6,8-9H2,1-2H3. The number of rotatable bonds is 4. The van der Waals surface area contributed by atoms with E-state index in [-0.39, 0.29) is 6.10 Å². The molecule has 1 aromatic rings. The molecule has 0 saturated carbocycles. The molecule has 3 atom stereocenters. The van der Waals surface area contributed by atoms with Crippen molar-refractivity contribution in [2.45, 2.75) is 37.5 Å². The third-order valence-corrected chi connectivity index (χ3v) is 4.31. The van der Waals surface area contributed by atoms with Crippen molar-refractivity contribution in [2.24, 2.45) is 7.05 Å². The Kier molecular flexibility index (Phi) is 3.81. The first kappa shape index (κ1) is 13.0. The third-order valence-electron chi connectivity index (χ3n) is 4.31. The molecule has 2 aliphatic rings. The molecular formula is C13H23N5O. The first-order valence-corrected chi connectivity index (χ1v) is 7.14. The Balaban J connectivity index is 1.62. The van der Waals surface area contributed by atoms with Gasteiger partial charge in [0.05, 0.1) is 18.4 Å². The normalized spacial score (nSPS) is 29.4. The molecule has 0 radical (unpaired) electrons. The van der Waals surface area contributed by atoms with Crippen molar-refractivity contribution in [1.82, 2.24) is 25.2 Å². The Hall–Kier alpha value is -0.980. The lowest BCUT2D eigenvalue weighted by Crippen LogP contribution is -2.54. The Morgan fingerprint density at radius 2 is 2.47 bits per heavy atom. The number of fused-ring (bicyclic) bond motifs is 1. The minimum Gasteiger partial charge on any atom is -0.374 e. The Morgan fingerprint density at radius 1 is 1.58 bits per heavy atom. The zero-order valence-electron chi connectivity index (χ0n) is 11.7. The maximum Gasteiger partial charge on any atom is 0.0859 e. The van der Waals surface area contributed by atoms with Crippen LogP contribution in [0.4, 0.5) is 0 Å². The number of nitrogens with zero attached hydrogens (tertiary/aromatic N) is 4. The summed E-state index contributed by atoms with van der Waals surface area (Å²) in [5.41, 5.74) is 1.02. The second kappa shape index (κ2) is 5.56. The monoisotopic (exact) mass is 265 g/mol. The number of ether oxygens (including phenoxy) is 1. The van der Waals surface area contributed by atoms with Crippen LogP contribution in [0.25, 0.3) is 0 Å². The second-order valence-corrected chi connectivity index (χ2v) is 5.65. The van der Waals surface area contributed by atoms with Crippen LogP contribution in [0.2, 0.25) is 0 Å². The minimum atomic E-state index is 0.251. The number of hydrogen-bond donors (Lipinski definition) is 1. The summed E-state index contributed by atoms with van der Waals surface area (Å²) < 4.78 is 7.82. The van der Waals surface area contributed by atoms with E-state index in [1.54, 1.807) is 4.68 Å². The van der Waals surface area contributed by atoms with E-state index < -0.39 is 0 Å². The van der Waals surface area contributed by atoms with Gasteiger partial charge in [-0.2, -0.15) is 0 Å². The first-order chi connectivity index (χ1) is 9.26. The molecule has 6 heteroatoms. The lowest BCUT2D eigenvalue weighted by molar-refractivity contribution is -0.0635. The second-order valence-electron chi connectivity index (χ2n) is 5.65. The van der Waals surface area contributed by atoms with Crippen LogP contribution in [0.5, 0.6) is 0 Å². The van der Waals surface area contributed by atoms with Gasteiger partial charge in [0.15, 0.2) is 0 Å². The zero-order chi connectivity index (χ0) is 13.2. The van der Waals surface area contributed by atoms with Gasteiger partial charge >= 0.3 is 0 Å². The highest BCUT2D eigenvalue weighted by molar-refractivity contribution is 4.99. The van der Waals surface area contributed by atoms with Gasteiger partial charge in [-0.05, 0) is 26.4 Å². The molecule has 2 fully saturated rings. The van der Waals surface area contributed by atoms with E-state index in [1.807, 2.05) is 20.3 Å². The Bertz CT molecular complexity index is 421. The fourth-order valence-electron chi connectivity index (χ4n) is 3.22. The molecule has 0 amide bonds. The summed E-state index contributed by atoms with van der Waals surface area (Å²) in [4.78, 5) is 2.58. The lowest BCUT2D eigenvalue weighted by atomic mass is 10.0. The predicted molar refractivity (Wildman–Crippen MR) is 71.9 cm³/mol. The maximum absolute atomic E-state index is 6.06.